The Morgan fingerprint density at radius 2 is 1.67 bits per heavy atom. The van der Waals surface area contributed by atoms with E-state index < -0.39 is 0 Å². The summed E-state index contributed by atoms with van der Waals surface area (Å²) in [6, 6.07) is 9.18. The van der Waals surface area contributed by atoms with E-state index in [9.17, 15) is 0 Å². The lowest BCUT2D eigenvalue weighted by atomic mass is 9.77. The van der Waals surface area contributed by atoms with Crippen molar-refractivity contribution in [3.05, 3.63) is 33.4 Å². The predicted octanol–water partition coefficient (Wildman–Crippen LogP) is 6.15. The van der Waals surface area contributed by atoms with E-state index in [1.54, 1.807) is 5.56 Å². The molecule has 0 amide bonds. The third-order valence-corrected chi connectivity index (χ3v) is 5.12. The molecule has 0 aliphatic heterocycles. The monoisotopic (exact) mass is 356 g/mol. The van der Waals surface area contributed by atoms with E-state index in [0.717, 1.165) is 11.8 Å². The van der Waals surface area contributed by atoms with Gasteiger partial charge in [-0.2, -0.15) is 0 Å². The van der Waals surface area contributed by atoms with Gasteiger partial charge in [0.1, 0.15) is 0 Å². The van der Waals surface area contributed by atoms with Crippen LogP contribution >= 0.6 is 22.6 Å². The molecular formula is C17H25I. The van der Waals surface area contributed by atoms with E-state index in [2.05, 4.69) is 53.8 Å². The number of hydrogen-bond donors (Lipinski definition) is 0. The highest BCUT2D eigenvalue weighted by atomic mass is 127. The molecule has 0 nitrogen and oxygen atoms in total. The third kappa shape index (κ3) is 4.25. The van der Waals surface area contributed by atoms with Gasteiger partial charge in [-0.1, -0.05) is 44.7 Å². The summed E-state index contributed by atoms with van der Waals surface area (Å²) in [4.78, 5) is 0. The number of halogens is 1. The molecule has 1 fully saturated rings. The maximum Gasteiger partial charge on any atom is 0.0130 e. The minimum Gasteiger partial charge on any atom is -0.0654 e. The van der Waals surface area contributed by atoms with Gasteiger partial charge in [0.2, 0.25) is 0 Å². The second-order valence-electron chi connectivity index (χ2n) is 5.76. The molecule has 0 heterocycles. The molecule has 1 aromatic carbocycles. The summed E-state index contributed by atoms with van der Waals surface area (Å²) >= 11 is 2.39. The molecule has 0 bridgehead atoms. The highest BCUT2D eigenvalue weighted by Crippen LogP contribution is 2.37. The third-order valence-electron chi connectivity index (χ3n) is 4.40. The molecule has 1 heteroatoms. The molecule has 1 aromatic rings. The minimum absolute atomic E-state index is 0.837. The zero-order valence-corrected chi connectivity index (χ0v) is 13.7. The number of unbranched alkanes of at least 4 members (excludes halogenated alkanes) is 2. The van der Waals surface area contributed by atoms with Crippen molar-refractivity contribution >= 4 is 22.6 Å². The van der Waals surface area contributed by atoms with Gasteiger partial charge in [0.15, 0.2) is 0 Å². The first kappa shape index (κ1) is 14.4. The van der Waals surface area contributed by atoms with Crippen LogP contribution in [0.4, 0.5) is 0 Å². The highest BCUT2D eigenvalue weighted by Gasteiger charge is 2.21. The summed E-state index contributed by atoms with van der Waals surface area (Å²) < 4.78 is 1.35. The minimum atomic E-state index is 0.837. The lowest BCUT2D eigenvalue weighted by molar-refractivity contribution is 0.303. The van der Waals surface area contributed by atoms with Crippen LogP contribution in [-0.2, 0) is 0 Å². The zero-order valence-electron chi connectivity index (χ0n) is 11.5. The summed E-state index contributed by atoms with van der Waals surface area (Å²) in [5.74, 6) is 1.86. The first-order valence-electron chi connectivity index (χ1n) is 7.55. The van der Waals surface area contributed by atoms with Crippen molar-refractivity contribution in [3.63, 3.8) is 0 Å². The summed E-state index contributed by atoms with van der Waals surface area (Å²) in [5, 5.41) is 0. The molecule has 1 aliphatic carbocycles. The van der Waals surface area contributed by atoms with Gasteiger partial charge in [0.05, 0.1) is 0 Å². The SMILES string of the molecule is CCCCC[C@H]1CC[C@H](c2ccc(I)cc2)CC1. The molecule has 0 spiro atoms. The summed E-state index contributed by atoms with van der Waals surface area (Å²) in [7, 11) is 0. The summed E-state index contributed by atoms with van der Waals surface area (Å²) in [6.07, 6.45) is 11.5. The number of rotatable bonds is 5. The van der Waals surface area contributed by atoms with Gasteiger partial charge in [-0.25, -0.2) is 0 Å². The fourth-order valence-electron chi connectivity index (χ4n) is 3.20. The Morgan fingerprint density at radius 3 is 2.28 bits per heavy atom. The molecule has 0 unspecified atom stereocenters. The second-order valence-corrected chi connectivity index (χ2v) is 7.01. The Morgan fingerprint density at radius 1 is 1.00 bits per heavy atom. The molecule has 18 heavy (non-hydrogen) atoms. The predicted molar refractivity (Wildman–Crippen MR) is 88.0 cm³/mol. The molecule has 100 valence electrons. The average molecular weight is 356 g/mol. The van der Waals surface area contributed by atoms with E-state index in [1.165, 1.54) is 54.9 Å². The van der Waals surface area contributed by atoms with Gasteiger partial charge < -0.3 is 0 Å². The lowest BCUT2D eigenvalue weighted by Crippen LogP contribution is -2.13. The van der Waals surface area contributed by atoms with Gasteiger partial charge in [-0.15, -0.1) is 0 Å². The summed E-state index contributed by atoms with van der Waals surface area (Å²) in [5.41, 5.74) is 1.57. The normalized spacial score (nSPS) is 24.1. The van der Waals surface area contributed by atoms with Crippen LogP contribution in [0.1, 0.15) is 69.8 Å². The van der Waals surface area contributed by atoms with Crippen molar-refractivity contribution in [2.24, 2.45) is 5.92 Å². The maximum atomic E-state index is 2.39. The first-order chi connectivity index (χ1) is 8.79. The van der Waals surface area contributed by atoms with Gasteiger partial charge in [0.25, 0.3) is 0 Å². The smallest absolute Gasteiger partial charge is 0.0130 e. The molecule has 2 rings (SSSR count). The van der Waals surface area contributed by atoms with E-state index in [0.29, 0.717) is 0 Å². The fraction of sp³-hybridized carbons (Fsp3) is 0.647. The fourth-order valence-corrected chi connectivity index (χ4v) is 3.56. The highest BCUT2D eigenvalue weighted by molar-refractivity contribution is 14.1. The van der Waals surface area contributed by atoms with Crippen LogP contribution in [0.3, 0.4) is 0 Å². The molecule has 0 saturated heterocycles. The van der Waals surface area contributed by atoms with Crippen LogP contribution in [0.2, 0.25) is 0 Å². The van der Waals surface area contributed by atoms with Gasteiger partial charge in [-0.3, -0.25) is 0 Å². The standard InChI is InChI=1S/C17H25I/c1-2-3-4-5-14-6-8-15(9-7-14)16-10-12-17(18)13-11-16/h10-15H,2-9H2,1H3/t14-,15-. The van der Waals surface area contributed by atoms with Gasteiger partial charge >= 0.3 is 0 Å². The lowest BCUT2D eigenvalue weighted by Gasteiger charge is -2.28. The molecule has 0 N–H and O–H groups in total. The molecule has 0 radical (unpaired) electrons. The average Bonchev–Trinajstić information content (AvgIpc) is 2.41. The van der Waals surface area contributed by atoms with Crippen molar-refractivity contribution in [3.8, 4) is 0 Å². The van der Waals surface area contributed by atoms with E-state index in [1.807, 2.05) is 0 Å². The molecule has 0 aromatic heterocycles. The Kier molecular flexibility index (Phi) is 6.00. The molecular weight excluding hydrogens is 331 g/mol. The quantitative estimate of drug-likeness (QED) is 0.439. The molecule has 1 aliphatic rings. The van der Waals surface area contributed by atoms with Crippen LogP contribution < -0.4 is 0 Å². The van der Waals surface area contributed by atoms with Crippen molar-refractivity contribution < 1.29 is 0 Å². The topological polar surface area (TPSA) is 0 Å². The van der Waals surface area contributed by atoms with E-state index in [-0.39, 0.29) is 0 Å². The molecule has 1 saturated carbocycles. The van der Waals surface area contributed by atoms with Crippen LogP contribution in [-0.4, -0.2) is 0 Å². The van der Waals surface area contributed by atoms with E-state index in [4.69, 9.17) is 0 Å². The van der Waals surface area contributed by atoms with Crippen LogP contribution in [0.25, 0.3) is 0 Å². The van der Waals surface area contributed by atoms with Crippen molar-refractivity contribution in [1.82, 2.24) is 0 Å². The first-order valence-corrected chi connectivity index (χ1v) is 8.63. The van der Waals surface area contributed by atoms with Crippen LogP contribution in [0.15, 0.2) is 24.3 Å². The number of hydrogen-bond acceptors (Lipinski definition) is 0. The zero-order chi connectivity index (χ0) is 12.8. The Bertz CT molecular complexity index is 333. The number of benzene rings is 1. The molecule has 0 atom stereocenters. The Balaban J connectivity index is 1.77. The van der Waals surface area contributed by atoms with Gasteiger partial charge in [-0.05, 0) is 77.8 Å². The van der Waals surface area contributed by atoms with Crippen molar-refractivity contribution in [2.75, 3.05) is 0 Å². The van der Waals surface area contributed by atoms with E-state index >= 15 is 0 Å². The van der Waals surface area contributed by atoms with Gasteiger partial charge in [0, 0.05) is 3.57 Å². The largest absolute Gasteiger partial charge is 0.0654 e. The van der Waals surface area contributed by atoms with Crippen molar-refractivity contribution in [1.29, 1.82) is 0 Å². The Labute approximate surface area is 126 Å². The summed E-state index contributed by atoms with van der Waals surface area (Å²) in [6.45, 7) is 2.30. The second kappa shape index (κ2) is 7.52. The van der Waals surface area contributed by atoms with Crippen LogP contribution in [0.5, 0.6) is 0 Å². The van der Waals surface area contributed by atoms with Crippen molar-refractivity contribution in [2.45, 2.75) is 64.2 Å². The Hall–Kier alpha value is -0.0500. The van der Waals surface area contributed by atoms with Crippen LogP contribution in [0, 0.1) is 9.49 Å². The maximum absolute atomic E-state index is 2.39.